The van der Waals surface area contributed by atoms with Gasteiger partial charge in [0.05, 0.1) is 49.1 Å². The minimum absolute atomic E-state index is 0.260. The Hall–Kier alpha value is -2.98. The van der Waals surface area contributed by atoms with Crippen molar-refractivity contribution in [2.45, 2.75) is 44.1 Å². The highest BCUT2D eigenvalue weighted by atomic mass is 19.4. The van der Waals surface area contributed by atoms with Crippen molar-refractivity contribution >= 4 is 5.69 Å². The molecule has 0 amide bonds. The monoisotopic (exact) mass is 502 g/mol. The van der Waals surface area contributed by atoms with Crippen LogP contribution in [-0.4, -0.2) is 76.1 Å². The van der Waals surface area contributed by atoms with Crippen LogP contribution in [0.4, 0.5) is 23.2 Å². The molecule has 0 aliphatic carbocycles. The molecule has 3 aromatic rings. The highest BCUT2D eigenvalue weighted by molar-refractivity contribution is 5.64. The first-order valence-corrected chi connectivity index (χ1v) is 12.3. The predicted octanol–water partition coefficient (Wildman–Crippen LogP) is 4.83. The standard InChI is InChI=1S/C26H30F4N6/c1-17-9-19-10-18(20-11-32-33-12-20)3-5-23(19)25(36(17)16-26(28,29)30)24-6-4-21(13-31-24)34-22-14-35(15-22)8-2-7-27/h3-6,10-13,17,22,25,34H,2,7-9,14-16H2,1H3,(H,32,33). The van der Waals surface area contributed by atoms with E-state index in [4.69, 9.17) is 0 Å². The van der Waals surface area contributed by atoms with Crippen LogP contribution >= 0.6 is 0 Å². The zero-order valence-electron chi connectivity index (χ0n) is 20.1. The zero-order chi connectivity index (χ0) is 25.3. The Labute approximate surface area is 207 Å². The summed E-state index contributed by atoms with van der Waals surface area (Å²) < 4.78 is 53.1. The van der Waals surface area contributed by atoms with Crippen molar-refractivity contribution in [2.75, 3.05) is 38.2 Å². The topological polar surface area (TPSA) is 60.1 Å². The molecule has 6 nitrogen and oxygen atoms in total. The van der Waals surface area contributed by atoms with Crippen LogP contribution in [0.2, 0.25) is 0 Å². The fraction of sp³-hybridized carbons (Fsp3) is 0.462. The molecule has 1 fully saturated rings. The van der Waals surface area contributed by atoms with E-state index in [9.17, 15) is 17.6 Å². The number of nitrogens with zero attached hydrogens (tertiary/aromatic N) is 4. The summed E-state index contributed by atoms with van der Waals surface area (Å²) in [5.41, 5.74) is 5.21. The molecule has 2 atom stereocenters. The molecule has 0 bridgehead atoms. The zero-order valence-corrected chi connectivity index (χ0v) is 20.1. The van der Waals surface area contributed by atoms with Crippen molar-refractivity contribution in [1.29, 1.82) is 0 Å². The SMILES string of the molecule is CC1Cc2cc(-c3cn[nH]c3)ccc2C(c2ccc(NC3CN(CCCF)C3)cn2)N1CC(F)(F)F. The highest BCUT2D eigenvalue weighted by Gasteiger charge is 2.41. The Morgan fingerprint density at radius 1 is 1.11 bits per heavy atom. The lowest BCUT2D eigenvalue weighted by atomic mass is 9.85. The van der Waals surface area contributed by atoms with E-state index in [1.165, 1.54) is 4.90 Å². The Bertz CT molecular complexity index is 1140. The summed E-state index contributed by atoms with van der Waals surface area (Å²) in [5.74, 6) is 0. The first-order valence-electron chi connectivity index (χ1n) is 12.3. The number of likely N-dealkylation sites (tertiary alicyclic amines) is 1. The van der Waals surface area contributed by atoms with E-state index in [0.717, 1.165) is 47.6 Å². The third-order valence-electron chi connectivity index (χ3n) is 7.05. The number of benzene rings is 1. The second-order valence-electron chi connectivity index (χ2n) is 9.76. The third-order valence-corrected chi connectivity index (χ3v) is 7.05. The number of aromatic amines is 1. The molecule has 2 N–H and O–H groups in total. The largest absolute Gasteiger partial charge is 0.401 e. The van der Waals surface area contributed by atoms with Gasteiger partial charge in [0.25, 0.3) is 0 Å². The lowest BCUT2D eigenvalue weighted by Gasteiger charge is -2.42. The molecular formula is C26H30F4N6. The van der Waals surface area contributed by atoms with Crippen LogP contribution < -0.4 is 5.32 Å². The number of hydrogen-bond donors (Lipinski definition) is 2. The van der Waals surface area contributed by atoms with Gasteiger partial charge in [0.15, 0.2) is 0 Å². The fourth-order valence-electron chi connectivity index (χ4n) is 5.30. The number of nitrogens with one attached hydrogen (secondary N) is 2. The number of halogens is 4. The first-order chi connectivity index (χ1) is 17.3. The molecule has 0 spiro atoms. The summed E-state index contributed by atoms with van der Waals surface area (Å²) >= 11 is 0. The number of alkyl halides is 4. The van der Waals surface area contributed by atoms with Gasteiger partial charge in [0.1, 0.15) is 0 Å². The van der Waals surface area contributed by atoms with Crippen LogP contribution in [0, 0.1) is 0 Å². The molecule has 2 aromatic heterocycles. The maximum absolute atomic E-state index is 13.6. The van der Waals surface area contributed by atoms with Gasteiger partial charge in [-0.3, -0.25) is 24.3 Å². The first kappa shape index (κ1) is 24.7. The molecule has 0 saturated carbocycles. The molecular weight excluding hydrogens is 472 g/mol. The number of hydrogen-bond acceptors (Lipinski definition) is 5. The molecule has 10 heteroatoms. The second-order valence-corrected chi connectivity index (χ2v) is 9.76. The van der Waals surface area contributed by atoms with E-state index in [2.05, 4.69) is 31.5 Å². The van der Waals surface area contributed by atoms with Crippen molar-refractivity contribution in [2.24, 2.45) is 0 Å². The molecule has 1 aromatic carbocycles. The van der Waals surface area contributed by atoms with Gasteiger partial charge >= 0.3 is 6.18 Å². The molecule has 0 radical (unpaired) electrons. The lowest BCUT2D eigenvalue weighted by molar-refractivity contribution is -0.155. The Morgan fingerprint density at radius 3 is 2.61 bits per heavy atom. The maximum Gasteiger partial charge on any atom is 0.401 e. The third kappa shape index (κ3) is 5.39. The summed E-state index contributed by atoms with van der Waals surface area (Å²) in [4.78, 5) is 8.31. The van der Waals surface area contributed by atoms with Gasteiger partial charge in [-0.15, -0.1) is 0 Å². The van der Waals surface area contributed by atoms with Crippen molar-refractivity contribution in [3.8, 4) is 11.1 Å². The van der Waals surface area contributed by atoms with Gasteiger partial charge in [0.2, 0.25) is 0 Å². The van der Waals surface area contributed by atoms with E-state index in [0.29, 0.717) is 18.5 Å². The van der Waals surface area contributed by atoms with Crippen LogP contribution in [0.25, 0.3) is 11.1 Å². The van der Waals surface area contributed by atoms with E-state index in [-0.39, 0.29) is 18.8 Å². The van der Waals surface area contributed by atoms with E-state index < -0.39 is 18.8 Å². The molecule has 2 aliphatic rings. The molecule has 36 heavy (non-hydrogen) atoms. The highest BCUT2D eigenvalue weighted by Crippen LogP contribution is 2.40. The van der Waals surface area contributed by atoms with Crippen molar-refractivity contribution in [3.63, 3.8) is 0 Å². The minimum atomic E-state index is -4.32. The van der Waals surface area contributed by atoms with Gasteiger partial charge in [-0.25, -0.2) is 0 Å². The van der Waals surface area contributed by atoms with Gasteiger partial charge in [-0.2, -0.15) is 18.3 Å². The molecule has 5 rings (SSSR count). The average Bonchev–Trinajstić information content (AvgIpc) is 3.35. The fourth-order valence-corrected chi connectivity index (χ4v) is 5.30. The number of fused-ring (bicyclic) bond motifs is 1. The number of pyridine rings is 1. The summed E-state index contributed by atoms with van der Waals surface area (Å²) in [6.45, 7) is 2.97. The molecule has 192 valence electrons. The van der Waals surface area contributed by atoms with Gasteiger partial charge in [-0.1, -0.05) is 18.2 Å². The van der Waals surface area contributed by atoms with Crippen molar-refractivity contribution in [3.05, 3.63) is 65.7 Å². The Kier molecular flexibility index (Phi) is 6.98. The number of H-pyrrole nitrogens is 1. The summed E-state index contributed by atoms with van der Waals surface area (Å²) in [5, 5.41) is 10.2. The molecule has 2 unspecified atom stereocenters. The molecule has 4 heterocycles. The van der Waals surface area contributed by atoms with Crippen LogP contribution in [-0.2, 0) is 6.42 Å². The van der Waals surface area contributed by atoms with Gasteiger partial charge in [0, 0.05) is 37.4 Å². The van der Waals surface area contributed by atoms with E-state index in [1.54, 1.807) is 18.6 Å². The van der Waals surface area contributed by atoms with Crippen LogP contribution in [0.3, 0.4) is 0 Å². The van der Waals surface area contributed by atoms with Crippen LogP contribution in [0.1, 0.15) is 36.2 Å². The van der Waals surface area contributed by atoms with Gasteiger partial charge in [-0.05, 0) is 48.6 Å². The number of aromatic nitrogens is 3. The van der Waals surface area contributed by atoms with Gasteiger partial charge < -0.3 is 5.32 Å². The smallest absolute Gasteiger partial charge is 0.378 e. The average molecular weight is 503 g/mol. The quantitative estimate of drug-likeness (QED) is 0.433. The second kappa shape index (κ2) is 10.2. The Morgan fingerprint density at radius 2 is 1.94 bits per heavy atom. The predicted molar refractivity (Wildman–Crippen MR) is 130 cm³/mol. The summed E-state index contributed by atoms with van der Waals surface area (Å²) in [6, 6.07) is 8.96. The summed E-state index contributed by atoms with van der Waals surface area (Å²) in [6.07, 6.45) is 1.98. The summed E-state index contributed by atoms with van der Waals surface area (Å²) in [7, 11) is 0. The van der Waals surface area contributed by atoms with E-state index in [1.807, 2.05) is 31.2 Å². The Balaban J connectivity index is 1.39. The van der Waals surface area contributed by atoms with Crippen LogP contribution in [0.5, 0.6) is 0 Å². The minimum Gasteiger partial charge on any atom is -0.378 e. The van der Waals surface area contributed by atoms with E-state index >= 15 is 0 Å². The normalized spacial score (nSPS) is 21.2. The molecule has 2 aliphatic heterocycles. The number of rotatable bonds is 8. The van der Waals surface area contributed by atoms with Crippen molar-refractivity contribution < 1.29 is 17.6 Å². The lowest BCUT2D eigenvalue weighted by Crippen LogP contribution is -2.54. The van der Waals surface area contributed by atoms with Crippen LogP contribution in [0.15, 0.2) is 48.9 Å². The molecule has 1 saturated heterocycles. The number of anilines is 1. The maximum atomic E-state index is 13.6. The van der Waals surface area contributed by atoms with Crippen molar-refractivity contribution in [1.82, 2.24) is 25.0 Å².